The molecule has 0 spiro atoms. The lowest BCUT2D eigenvalue weighted by Gasteiger charge is -2.06. The van der Waals surface area contributed by atoms with Crippen LogP contribution in [0.5, 0.6) is 0 Å². The molecule has 1 heterocycles. The number of anilines is 1. The van der Waals surface area contributed by atoms with E-state index in [1.165, 1.54) is 6.20 Å². The van der Waals surface area contributed by atoms with E-state index < -0.39 is 10.0 Å². The predicted molar refractivity (Wildman–Crippen MR) is 66.3 cm³/mol. The van der Waals surface area contributed by atoms with Gasteiger partial charge < -0.3 is 5.32 Å². The molecule has 94 valence electrons. The van der Waals surface area contributed by atoms with E-state index in [-0.39, 0.29) is 10.9 Å². The lowest BCUT2D eigenvalue weighted by atomic mass is 10.3. The molecular formula is C11H17N3O2S. The number of nitrogens with zero attached hydrogens (tertiary/aromatic N) is 1. The van der Waals surface area contributed by atoms with Crippen molar-refractivity contribution in [2.24, 2.45) is 5.92 Å². The molecule has 2 atom stereocenters. The largest absolute Gasteiger partial charge is 0.373 e. The molecule has 17 heavy (non-hydrogen) atoms. The Morgan fingerprint density at radius 2 is 2.24 bits per heavy atom. The fourth-order valence-corrected chi connectivity index (χ4v) is 3.06. The number of rotatable bonds is 5. The van der Waals surface area contributed by atoms with Crippen molar-refractivity contribution < 1.29 is 8.42 Å². The van der Waals surface area contributed by atoms with Gasteiger partial charge in [0.1, 0.15) is 10.7 Å². The van der Waals surface area contributed by atoms with E-state index in [1.807, 2.05) is 0 Å². The molecular weight excluding hydrogens is 238 g/mol. The second kappa shape index (κ2) is 4.62. The Bertz CT molecular complexity index is 484. The first-order chi connectivity index (χ1) is 8.06. The maximum absolute atomic E-state index is 12.0. The monoisotopic (exact) mass is 255 g/mol. The van der Waals surface area contributed by atoms with Gasteiger partial charge in [0, 0.05) is 19.3 Å². The molecule has 0 radical (unpaired) electrons. The molecule has 1 saturated carbocycles. The van der Waals surface area contributed by atoms with Crippen molar-refractivity contribution in [3.8, 4) is 0 Å². The van der Waals surface area contributed by atoms with Gasteiger partial charge in [-0.2, -0.15) is 0 Å². The van der Waals surface area contributed by atoms with Gasteiger partial charge in [-0.15, -0.1) is 0 Å². The first-order valence-corrected chi connectivity index (χ1v) is 7.21. The summed E-state index contributed by atoms with van der Waals surface area (Å²) in [6, 6.07) is 3.32. The van der Waals surface area contributed by atoms with Gasteiger partial charge in [-0.25, -0.2) is 18.1 Å². The van der Waals surface area contributed by atoms with Crippen LogP contribution in [0.3, 0.4) is 0 Å². The molecule has 2 N–H and O–H groups in total. The molecule has 0 aromatic carbocycles. The predicted octanol–water partition coefficient (Wildman–Crippen LogP) is 1.20. The minimum atomic E-state index is -3.41. The number of sulfonamides is 1. The Balaban J connectivity index is 2.09. The molecule has 0 amide bonds. The second-order valence-corrected chi connectivity index (χ2v) is 5.97. The van der Waals surface area contributed by atoms with Crippen molar-refractivity contribution in [2.45, 2.75) is 30.7 Å². The van der Waals surface area contributed by atoms with Crippen molar-refractivity contribution in [3.63, 3.8) is 0 Å². The molecule has 6 heteroatoms. The molecule has 1 fully saturated rings. The third kappa shape index (κ3) is 2.76. The molecule has 0 saturated heterocycles. The van der Waals surface area contributed by atoms with Gasteiger partial charge >= 0.3 is 0 Å². The summed E-state index contributed by atoms with van der Waals surface area (Å²) in [5.74, 6) is 1.15. The van der Waals surface area contributed by atoms with Crippen LogP contribution >= 0.6 is 0 Å². The van der Waals surface area contributed by atoms with Crippen LogP contribution in [0.1, 0.15) is 19.8 Å². The number of aromatic nitrogens is 1. The van der Waals surface area contributed by atoms with Crippen molar-refractivity contribution in [2.75, 3.05) is 12.4 Å². The molecule has 2 unspecified atom stereocenters. The molecule has 1 aliphatic carbocycles. The summed E-state index contributed by atoms with van der Waals surface area (Å²) in [4.78, 5) is 4.22. The number of hydrogen-bond acceptors (Lipinski definition) is 4. The molecule has 0 aliphatic heterocycles. The third-order valence-corrected chi connectivity index (χ3v) is 4.53. The lowest BCUT2D eigenvalue weighted by Crippen LogP contribution is -2.27. The van der Waals surface area contributed by atoms with E-state index in [0.717, 1.165) is 12.8 Å². The van der Waals surface area contributed by atoms with Crippen LogP contribution in [0, 0.1) is 5.92 Å². The van der Waals surface area contributed by atoms with Gasteiger partial charge in [-0.05, 0) is 24.5 Å². The van der Waals surface area contributed by atoms with Crippen LogP contribution < -0.4 is 10.0 Å². The smallest absolute Gasteiger partial charge is 0.242 e. The SMILES string of the molecule is CCC1CC1NS(=O)(=O)c1ccc(NC)nc1. The van der Waals surface area contributed by atoms with Crippen LogP contribution in [0.15, 0.2) is 23.2 Å². The van der Waals surface area contributed by atoms with Crippen LogP contribution in [0.2, 0.25) is 0 Å². The summed E-state index contributed by atoms with van der Waals surface area (Å²) in [7, 11) is -1.66. The summed E-state index contributed by atoms with van der Waals surface area (Å²) in [6.45, 7) is 2.07. The fourth-order valence-electron chi connectivity index (χ4n) is 1.80. The molecule has 5 nitrogen and oxygen atoms in total. The average Bonchev–Trinajstić information content (AvgIpc) is 3.07. The van der Waals surface area contributed by atoms with Crippen molar-refractivity contribution in [3.05, 3.63) is 18.3 Å². The van der Waals surface area contributed by atoms with Crippen LogP contribution in [-0.4, -0.2) is 26.5 Å². The maximum Gasteiger partial charge on any atom is 0.242 e. The fraction of sp³-hybridized carbons (Fsp3) is 0.545. The topological polar surface area (TPSA) is 71.1 Å². The van der Waals surface area contributed by atoms with Crippen molar-refractivity contribution >= 4 is 15.8 Å². The normalized spacial score (nSPS) is 23.4. The highest BCUT2D eigenvalue weighted by Gasteiger charge is 2.38. The van der Waals surface area contributed by atoms with Gasteiger partial charge in [0.25, 0.3) is 0 Å². The molecule has 0 bridgehead atoms. The number of hydrogen-bond donors (Lipinski definition) is 2. The standard InChI is InChI=1S/C11H17N3O2S/c1-3-8-6-10(8)14-17(15,16)9-4-5-11(12-2)13-7-9/h4-5,7-8,10,14H,3,6H2,1-2H3,(H,12,13). The minimum Gasteiger partial charge on any atom is -0.373 e. The average molecular weight is 255 g/mol. The first-order valence-electron chi connectivity index (χ1n) is 5.73. The highest BCUT2D eigenvalue weighted by atomic mass is 32.2. The first kappa shape index (κ1) is 12.3. The van der Waals surface area contributed by atoms with Crippen molar-refractivity contribution in [1.82, 2.24) is 9.71 Å². The summed E-state index contributed by atoms with van der Waals surface area (Å²) in [6.07, 6.45) is 3.33. The van der Waals surface area contributed by atoms with E-state index in [0.29, 0.717) is 11.7 Å². The minimum absolute atomic E-state index is 0.106. The highest BCUT2D eigenvalue weighted by Crippen LogP contribution is 2.34. The summed E-state index contributed by atoms with van der Waals surface area (Å²) >= 11 is 0. The molecule has 2 rings (SSSR count). The Labute approximate surface area is 102 Å². The van der Waals surface area contributed by atoms with Crippen LogP contribution in [0.4, 0.5) is 5.82 Å². The number of pyridine rings is 1. The van der Waals surface area contributed by atoms with Crippen molar-refractivity contribution in [1.29, 1.82) is 0 Å². The zero-order valence-electron chi connectivity index (χ0n) is 9.97. The molecule has 1 aliphatic rings. The third-order valence-electron chi connectivity index (χ3n) is 3.06. The Kier molecular flexibility index (Phi) is 3.35. The molecule has 1 aromatic heterocycles. The molecule has 1 aromatic rings. The van der Waals surface area contributed by atoms with E-state index in [1.54, 1.807) is 19.2 Å². The van der Waals surface area contributed by atoms with Gasteiger partial charge in [-0.1, -0.05) is 13.3 Å². The van der Waals surface area contributed by atoms with E-state index in [9.17, 15) is 8.42 Å². The quantitative estimate of drug-likeness (QED) is 0.829. The van der Waals surface area contributed by atoms with E-state index >= 15 is 0 Å². The second-order valence-electron chi connectivity index (χ2n) is 4.26. The zero-order valence-corrected chi connectivity index (χ0v) is 10.8. The van der Waals surface area contributed by atoms with Gasteiger partial charge in [0.05, 0.1) is 0 Å². The maximum atomic E-state index is 12.0. The summed E-state index contributed by atoms with van der Waals surface area (Å²) < 4.78 is 26.6. The number of nitrogens with one attached hydrogen (secondary N) is 2. The summed E-state index contributed by atoms with van der Waals surface area (Å²) in [5, 5.41) is 2.85. The van der Waals surface area contributed by atoms with E-state index in [2.05, 4.69) is 21.9 Å². The van der Waals surface area contributed by atoms with Crippen LogP contribution in [-0.2, 0) is 10.0 Å². The van der Waals surface area contributed by atoms with Gasteiger partial charge in [0.2, 0.25) is 10.0 Å². The van der Waals surface area contributed by atoms with Gasteiger partial charge in [-0.3, -0.25) is 0 Å². The van der Waals surface area contributed by atoms with E-state index in [4.69, 9.17) is 0 Å². The lowest BCUT2D eigenvalue weighted by molar-refractivity contribution is 0.575. The van der Waals surface area contributed by atoms with Gasteiger partial charge in [0.15, 0.2) is 0 Å². The Morgan fingerprint density at radius 3 is 2.71 bits per heavy atom. The van der Waals surface area contributed by atoms with Crippen LogP contribution in [0.25, 0.3) is 0 Å². The summed E-state index contributed by atoms with van der Waals surface area (Å²) in [5.41, 5.74) is 0. The zero-order chi connectivity index (χ0) is 12.5. The Hall–Kier alpha value is -1.14. The Morgan fingerprint density at radius 1 is 1.47 bits per heavy atom. The highest BCUT2D eigenvalue weighted by molar-refractivity contribution is 7.89.